The van der Waals surface area contributed by atoms with E-state index >= 15 is 0 Å². The average Bonchev–Trinajstić information content (AvgIpc) is 3.19. The van der Waals surface area contributed by atoms with Crippen molar-refractivity contribution in [3.05, 3.63) is 53.9 Å². The maximum Gasteiger partial charge on any atom is 0.255 e. The highest BCUT2D eigenvalue weighted by Crippen LogP contribution is 2.25. The molecule has 8 nitrogen and oxygen atoms in total. The summed E-state index contributed by atoms with van der Waals surface area (Å²) in [5.74, 6) is 2.14. The number of carbonyl (C=O) groups excluding carboxylic acids is 1. The Balaban J connectivity index is 1.82. The molecule has 29 heavy (non-hydrogen) atoms. The van der Waals surface area contributed by atoms with E-state index in [4.69, 9.17) is 14.2 Å². The number of methoxy groups -OCH3 is 3. The molecule has 0 radical (unpaired) electrons. The van der Waals surface area contributed by atoms with E-state index in [2.05, 4.69) is 15.5 Å². The zero-order valence-electron chi connectivity index (χ0n) is 16.6. The molecule has 0 atom stereocenters. The topological polar surface area (TPSA) is 87.5 Å². The van der Waals surface area contributed by atoms with Crippen LogP contribution in [-0.4, -0.2) is 48.3 Å². The number of ether oxygens (including phenoxy) is 3. The lowest BCUT2D eigenvalue weighted by molar-refractivity contribution is 0.0946. The Morgan fingerprint density at radius 3 is 2.31 bits per heavy atom. The van der Waals surface area contributed by atoms with Gasteiger partial charge in [-0.05, 0) is 42.7 Å². The summed E-state index contributed by atoms with van der Waals surface area (Å²) in [6.45, 7) is 0.202. The molecule has 3 aromatic rings. The van der Waals surface area contributed by atoms with E-state index in [9.17, 15) is 4.79 Å². The first-order valence-corrected chi connectivity index (χ1v) is 9.96. The van der Waals surface area contributed by atoms with Crippen molar-refractivity contribution in [2.75, 3.05) is 27.6 Å². The standard InChI is InChI=1S/C20H22N4O4S/c1-26-14-7-5-13(6-8-14)24-18(22-23-20(24)29-4)12-21-19(25)16-10-9-15(27-2)11-17(16)28-3/h5-11H,12H2,1-4H3,(H,21,25). The minimum Gasteiger partial charge on any atom is -0.497 e. The molecule has 2 aromatic carbocycles. The largest absolute Gasteiger partial charge is 0.497 e. The van der Waals surface area contributed by atoms with Crippen LogP contribution in [0.5, 0.6) is 17.2 Å². The number of rotatable bonds is 8. The van der Waals surface area contributed by atoms with E-state index in [0.717, 1.165) is 16.6 Å². The number of carbonyl (C=O) groups is 1. The Morgan fingerprint density at radius 2 is 1.69 bits per heavy atom. The van der Waals surface area contributed by atoms with Crippen LogP contribution >= 0.6 is 11.8 Å². The van der Waals surface area contributed by atoms with Crippen molar-refractivity contribution in [1.29, 1.82) is 0 Å². The molecule has 3 rings (SSSR count). The van der Waals surface area contributed by atoms with Crippen LogP contribution in [0.25, 0.3) is 5.69 Å². The zero-order chi connectivity index (χ0) is 20.8. The lowest BCUT2D eigenvalue weighted by atomic mass is 10.1. The molecule has 0 saturated heterocycles. The molecule has 9 heteroatoms. The molecular formula is C20H22N4O4S. The molecule has 0 aliphatic carbocycles. The van der Waals surface area contributed by atoms with E-state index in [0.29, 0.717) is 22.9 Å². The normalized spacial score (nSPS) is 10.5. The first-order valence-electron chi connectivity index (χ1n) is 8.74. The first-order chi connectivity index (χ1) is 14.1. The molecule has 0 aliphatic heterocycles. The van der Waals surface area contributed by atoms with Crippen molar-refractivity contribution in [2.45, 2.75) is 11.7 Å². The average molecular weight is 414 g/mol. The van der Waals surface area contributed by atoms with Crippen molar-refractivity contribution in [3.8, 4) is 22.9 Å². The summed E-state index contributed by atoms with van der Waals surface area (Å²) in [5.41, 5.74) is 1.29. The van der Waals surface area contributed by atoms with Crippen LogP contribution in [0.1, 0.15) is 16.2 Å². The minimum absolute atomic E-state index is 0.202. The van der Waals surface area contributed by atoms with Gasteiger partial charge < -0.3 is 19.5 Å². The Hall–Kier alpha value is -3.20. The van der Waals surface area contributed by atoms with E-state index in [1.54, 1.807) is 32.4 Å². The summed E-state index contributed by atoms with van der Waals surface area (Å²) in [4.78, 5) is 12.7. The summed E-state index contributed by atoms with van der Waals surface area (Å²) in [6.07, 6.45) is 1.93. The van der Waals surface area contributed by atoms with E-state index < -0.39 is 0 Å². The van der Waals surface area contributed by atoms with E-state index in [1.807, 2.05) is 35.1 Å². The van der Waals surface area contributed by atoms with Crippen LogP contribution in [0.4, 0.5) is 0 Å². The molecule has 0 saturated carbocycles. The SMILES string of the molecule is COc1ccc(-n2c(CNC(=O)c3ccc(OC)cc3OC)nnc2SC)cc1. The Bertz CT molecular complexity index is 989. The number of nitrogens with one attached hydrogen (secondary N) is 1. The predicted octanol–water partition coefficient (Wildman–Crippen LogP) is 2.95. The highest BCUT2D eigenvalue weighted by molar-refractivity contribution is 7.98. The molecule has 152 valence electrons. The third kappa shape index (κ3) is 4.45. The summed E-state index contributed by atoms with van der Waals surface area (Å²) < 4.78 is 17.6. The summed E-state index contributed by atoms with van der Waals surface area (Å²) in [6, 6.07) is 12.6. The number of thioether (sulfide) groups is 1. The van der Waals surface area contributed by atoms with Crippen LogP contribution in [0.15, 0.2) is 47.6 Å². The molecule has 0 fully saturated rings. The molecule has 0 bridgehead atoms. The van der Waals surface area contributed by atoms with Gasteiger partial charge in [-0.1, -0.05) is 11.8 Å². The number of aromatic nitrogens is 3. The zero-order valence-corrected chi connectivity index (χ0v) is 17.4. The Kier molecular flexibility index (Phi) is 6.61. The van der Waals surface area contributed by atoms with Gasteiger partial charge in [0.2, 0.25) is 0 Å². The van der Waals surface area contributed by atoms with Gasteiger partial charge in [0, 0.05) is 11.8 Å². The molecule has 1 N–H and O–H groups in total. The van der Waals surface area contributed by atoms with Crippen molar-refractivity contribution < 1.29 is 19.0 Å². The maximum atomic E-state index is 12.7. The number of nitrogens with zero attached hydrogens (tertiary/aromatic N) is 3. The molecule has 0 spiro atoms. The fourth-order valence-electron chi connectivity index (χ4n) is 2.78. The van der Waals surface area contributed by atoms with Crippen molar-refractivity contribution in [3.63, 3.8) is 0 Å². The fraction of sp³-hybridized carbons (Fsp3) is 0.250. The molecule has 1 heterocycles. The predicted molar refractivity (Wildman–Crippen MR) is 110 cm³/mol. The van der Waals surface area contributed by atoms with Gasteiger partial charge in [-0.2, -0.15) is 0 Å². The highest BCUT2D eigenvalue weighted by atomic mass is 32.2. The highest BCUT2D eigenvalue weighted by Gasteiger charge is 2.17. The minimum atomic E-state index is -0.278. The van der Waals surface area contributed by atoms with E-state index in [-0.39, 0.29) is 12.5 Å². The van der Waals surface area contributed by atoms with Crippen LogP contribution in [0.2, 0.25) is 0 Å². The second-order valence-corrected chi connectivity index (χ2v) is 6.66. The Morgan fingerprint density at radius 1 is 1.00 bits per heavy atom. The lowest BCUT2D eigenvalue weighted by Gasteiger charge is -2.12. The number of benzene rings is 2. The van der Waals surface area contributed by atoms with Gasteiger partial charge in [0.1, 0.15) is 17.2 Å². The van der Waals surface area contributed by atoms with Gasteiger partial charge >= 0.3 is 0 Å². The molecule has 1 aromatic heterocycles. The second-order valence-electron chi connectivity index (χ2n) is 5.89. The van der Waals surface area contributed by atoms with Gasteiger partial charge in [0.15, 0.2) is 11.0 Å². The Labute approximate surface area is 173 Å². The number of amides is 1. The van der Waals surface area contributed by atoms with Crippen molar-refractivity contribution in [2.24, 2.45) is 0 Å². The third-order valence-corrected chi connectivity index (χ3v) is 4.90. The van der Waals surface area contributed by atoms with Crippen LogP contribution in [-0.2, 0) is 6.54 Å². The van der Waals surface area contributed by atoms with E-state index in [1.165, 1.54) is 18.9 Å². The summed E-state index contributed by atoms with van der Waals surface area (Å²) in [5, 5.41) is 12.1. The summed E-state index contributed by atoms with van der Waals surface area (Å²) >= 11 is 1.47. The fourth-order valence-corrected chi connectivity index (χ4v) is 3.29. The quantitative estimate of drug-likeness (QED) is 0.567. The maximum absolute atomic E-state index is 12.7. The van der Waals surface area contributed by atoms with Gasteiger partial charge in [0.05, 0.1) is 33.4 Å². The molecule has 0 aliphatic rings. The van der Waals surface area contributed by atoms with Gasteiger partial charge in [-0.15, -0.1) is 10.2 Å². The third-order valence-electron chi connectivity index (χ3n) is 4.27. The van der Waals surface area contributed by atoms with Crippen molar-refractivity contribution >= 4 is 17.7 Å². The summed E-state index contributed by atoms with van der Waals surface area (Å²) in [7, 11) is 4.69. The van der Waals surface area contributed by atoms with Gasteiger partial charge in [-0.3, -0.25) is 9.36 Å². The van der Waals surface area contributed by atoms with Crippen LogP contribution in [0.3, 0.4) is 0 Å². The first kappa shape index (κ1) is 20.5. The van der Waals surface area contributed by atoms with Gasteiger partial charge in [-0.25, -0.2) is 0 Å². The molecular weight excluding hydrogens is 392 g/mol. The van der Waals surface area contributed by atoms with Crippen LogP contribution in [0, 0.1) is 0 Å². The number of hydrogen-bond acceptors (Lipinski definition) is 7. The van der Waals surface area contributed by atoms with Gasteiger partial charge in [0.25, 0.3) is 5.91 Å². The van der Waals surface area contributed by atoms with Crippen molar-refractivity contribution in [1.82, 2.24) is 20.1 Å². The van der Waals surface area contributed by atoms with Crippen LogP contribution < -0.4 is 19.5 Å². The lowest BCUT2D eigenvalue weighted by Crippen LogP contribution is -2.25. The number of hydrogen-bond donors (Lipinski definition) is 1. The molecule has 0 unspecified atom stereocenters. The smallest absolute Gasteiger partial charge is 0.255 e. The second kappa shape index (κ2) is 9.33. The monoisotopic (exact) mass is 414 g/mol. The molecule has 1 amide bonds.